The van der Waals surface area contributed by atoms with Gasteiger partial charge in [-0.1, -0.05) is 0 Å². The van der Waals surface area contributed by atoms with Crippen LogP contribution in [0, 0.1) is 0 Å². The van der Waals surface area contributed by atoms with Crippen molar-refractivity contribution in [3.8, 4) is 0 Å². The van der Waals surface area contributed by atoms with E-state index in [-0.39, 0.29) is 106 Å². The Morgan fingerprint density at radius 3 is 1.00 bits per heavy atom. The molecule has 4 heavy (non-hydrogen) atoms. The average molecular weight is 227 g/mol. The molecule has 0 rings (SSSR count). The molecule has 0 nitrogen and oxygen atoms in total. The van der Waals surface area contributed by atoms with E-state index in [9.17, 15) is 0 Å². The maximum atomic E-state index is 0. The Morgan fingerprint density at radius 1 is 1.00 bits per heavy atom. The van der Waals surface area contributed by atoms with Crippen LogP contribution >= 0.6 is 0 Å². The average Bonchev–Trinajstić information content (AvgIpc) is 0. The predicted molar refractivity (Wildman–Crippen MR) is 38.4 cm³/mol. The molecule has 0 spiro atoms. The van der Waals surface area contributed by atoms with Gasteiger partial charge in [-0.25, -0.2) is 0 Å². The zero-order valence-corrected chi connectivity index (χ0v) is 0. The fourth-order valence-electron chi connectivity index (χ4n) is 0. The zero-order chi connectivity index (χ0) is 0. The molecule has 0 radical (unpaired) electrons. The summed E-state index contributed by atoms with van der Waals surface area (Å²) in [4.78, 5) is 0. The topological polar surface area (TPSA) is 0 Å². The Balaban J connectivity index is 0. The van der Waals surface area contributed by atoms with Gasteiger partial charge in [0.15, 0.2) is 0 Å². The molecule has 4 heteroatoms. The first-order valence-corrected chi connectivity index (χ1v) is 0. The molecular weight excluding hydrogens is 216 g/mol. The Hall–Kier alpha value is 3.11. The zero-order valence-electron chi connectivity index (χ0n) is 0. The van der Waals surface area contributed by atoms with Gasteiger partial charge in [-0.05, 0) is 11.0 Å². The van der Waals surface area contributed by atoms with Gasteiger partial charge in [-0.2, -0.15) is 0 Å². The van der Waals surface area contributed by atoms with Crippen LogP contribution < -0.4 is 0 Å². The monoisotopic (exact) mass is 228 g/mol. The van der Waals surface area contributed by atoms with Crippen molar-refractivity contribution in [3.05, 3.63) is 0 Å². The van der Waals surface area contributed by atoms with Gasteiger partial charge in [-0.3, -0.25) is 0 Å². The molecule has 0 bridgehead atoms. The second kappa shape index (κ2) is 16.5. The molecule has 0 saturated carbocycles. The summed E-state index contributed by atoms with van der Waals surface area (Å²) in [5.74, 6) is 0. The van der Waals surface area contributed by atoms with Crippen LogP contribution in [0.15, 0.2) is 0 Å². The van der Waals surface area contributed by atoms with Crippen LogP contribution in [0.1, 0.15) is 0 Å². The van der Waals surface area contributed by atoms with E-state index in [0.717, 1.165) is 0 Å². The van der Waals surface area contributed by atoms with Crippen molar-refractivity contribution in [1.82, 2.24) is 0 Å². The van der Waals surface area contributed by atoms with Crippen molar-refractivity contribution in [1.29, 1.82) is 0 Å². The fourth-order valence-corrected chi connectivity index (χ4v) is 0. The Morgan fingerprint density at radius 2 is 1.00 bits per heavy atom. The summed E-state index contributed by atoms with van der Waals surface area (Å²) in [7, 11) is 0. The second-order valence-corrected chi connectivity index (χ2v) is 0. The van der Waals surface area contributed by atoms with Gasteiger partial charge >= 0.3 is 86.6 Å². The Labute approximate surface area is 103 Å². The molecular formula is H11BBaCaSi. The van der Waals surface area contributed by atoms with E-state index in [1.165, 1.54) is 0 Å². The standard InChI is InChI=1S/BH3.Ba.Ca.H4Si.4H/h1H3;;;1H4;;;;. The maximum absolute atomic E-state index is 0. The Kier molecular flexibility index (Phi) is 113. The van der Waals surface area contributed by atoms with E-state index < -0.39 is 0 Å². The van der Waals surface area contributed by atoms with Gasteiger partial charge in [-0.15, -0.1) is 0 Å². The third-order valence-corrected chi connectivity index (χ3v) is 0. The van der Waals surface area contributed by atoms with Gasteiger partial charge < -0.3 is 0 Å². The van der Waals surface area contributed by atoms with Crippen LogP contribution in [-0.4, -0.2) is 106 Å². The number of hydrogen-bond donors (Lipinski definition) is 0. The summed E-state index contributed by atoms with van der Waals surface area (Å²) in [6.07, 6.45) is 0. The summed E-state index contributed by atoms with van der Waals surface area (Å²) in [6.45, 7) is 0. The predicted octanol–water partition coefficient (Wildman–Crippen LogP) is -4.47. The van der Waals surface area contributed by atoms with Crippen molar-refractivity contribution < 1.29 is 0 Å². The number of rotatable bonds is 0. The van der Waals surface area contributed by atoms with E-state index >= 15 is 0 Å². The Bertz CT molecular complexity index is 8.00. The van der Waals surface area contributed by atoms with Gasteiger partial charge in [0.05, 0.1) is 8.41 Å². The molecule has 0 saturated heterocycles. The molecule has 0 unspecified atom stereocenters. The van der Waals surface area contributed by atoms with Crippen LogP contribution in [0.2, 0.25) is 0 Å². The third-order valence-electron chi connectivity index (χ3n) is 0. The van der Waals surface area contributed by atoms with Crippen molar-refractivity contribution >= 4 is 106 Å². The van der Waals surface area contributed by atoms with Crippen LogP contribution in [0.4, 0.5) is 0 Å². The van der Waals surface area contributed by atoms with Gasteiger partial charge in [0.25, 0.3) is 0 Å². The van der Waals surface area contributed by atoms with E-state index in [1.54, 1.807) is 0 Å². The minimum absolute atomic E-state index is 0. The quantitative estimate of drug-likeness (QED) is 0.366. The van der Waals surface area contributed by atoms with Crippen LogP contribution in [0.25, 0.3) is 0 Å². The number of hydrogen-bond acceptors (Lipinski definition) is 0. The van der Waals surface area contributed by atoms with Crippen molar-refractivity contribution in [2.24, 2.45) is 0 Å². The minimum Gasteiger partial charge on any atom is -0.0149 e. The largest absolute Gasteiger partial charge is 0.0149 e. The first kappa shape index (κ1) is 27.4. The summed E-state index contributed by atoms with van der Waals surface area (Å²) < 4.78 is 0. The molecule has 0 fully saturated rings. The maximum Gasteiger partial charge on any atom is -0.0149 e. The van der Waals surface area contributed by atoms with E-state index in [1.807, 2.05) is 0 Å². The smallest absolute Gasteiger partial charge is 0.0149 e. The van der Waals surface area contributed by atoms with E-state index in [4.69, 9.17) is 0 Å². The van der Waals surface area contributed by atoms with Gasteiger partial charge in [0.2, 0.25) is 0 Å². The molecule has 0 heterocycles. The van der Waals surface area contributed by atoms with Crippen molar-refractivity contribution in [2.75, 3.05) is 0 Å². The van der Waals surface area contributed by atoms with E-state index in [2.05, 4.69) is 0 Å². The summed E-state index contributed by atoms with van der Waals surface area (Å²) in [5.41, 5.74) is 0. The fraction of sp³-hybridized carbons (Fsp3) is 0. The molecule has 0 aliphatic rings. The second-order valence-electron chi connectivity index (χ2n) is 0. The summed E-state index contributed by atoms with van der Waals surface area (Å²) in [5, 5.41) is 0. The first-order chi connectivity index (χ1) is 0. The SMILES string of the molecule is B.[BaH2].[CaH2].[SiH4]. The molecule has 0 aromatic carbocycles. The molecule has 22 valence electrons. The van der Waals surface area contributed by atoms with Gasteiger partial charge in [0, 0.05) is 0 Å². The van der Waals surface area contributed by atoms with Crippen LogP contribution in [-0.2, 0) is 0 Å². The van der Waals surface area contributed by atoms with Crippen LogP contribution in [0.5, 0.6) is 0 Å². The molecule has 0 atom stereocenters. The molecule has 0 amide bonds. The van der Waals surface area contributed by atoms with Crippen molar-refractivity contribution in [2.45, 2.75) is 0 Å². The minimum atomic E-state index is 0. The normalized spacial score (nSPS) is 0. The molecule has 0 aliphatic heterocycles. The summed E-state index contributed by atoms with van der Waals surface area (Å²) >= 11 is 0. The summed E-state index contributed by atoms with van der Waals surface area (Å²) in [6, 6.07) is 0. The van der Waals surface area contributed by atoms with Crippen molar-refractivity contribution in [3.63, 3.8) is 0 Å². The van der Waals surface area contributed by atoms with Gasteiger partial charge in [0.1, 0.15) is 0 Å². The van der Waals surface area contributed by atoms with E-state index in [0.29, 0.717) is 0 Å². The third kappa shape index (κ3) is 8.93. The van der Waals surface area contributed by atoms with Crippen LogP contribution in [0.3, 0.4) is 0 Å². The molecule has 0 aromatic heterocycles. The molecule has 0 N–H and O–H groups in total. The molecule has 0 aliphatic carbocycles. The first-order valence-electron chi connectivity index (χ1n) is 0. The molecule has 0 aromatic rings.